The maximum absolute atomic E-state index is 4.16. The molecule has 0 fully saturated rings. The van der Waals surface area contributed by atoms with Crippen molar-refractivity contribution in [3.05, 3.63) is 16.9 Å². The molecule has 10 heavy (non-hydrogen) atoms. The lowest BCUT2D eigenvalue weighted by molar-refractivity contribution is 0.348. The maximum atomic E-state index is 4.16. The normalized spacial score (nSPS) is 12.0. The van der Waals surface area contributed by atoms with Crippen molar-refractivity contribution in [1.29, 1.82) is 0 Å². The highest BCUT2D eigenvalue weighted by atomic mass is 79.9. The molecule has 1 aromatic rings. The number of rotatable bonds is 0. The molecule has 0 atom stereocenters. The van der Waals surface area contributed by atoms with Gasteiger partial charge in [-0.1, -0.05) is 0 Å². The molecule has 0 radical (unpaired) electrons. The molecule has 0 spiro atoms. The fourth-order valence-electron chi connectivity index (χ4n) is 0.781. The van der Waals surface area contributed by atoms with Crippen LogP contribution in [0.4, 0.5) is 0 Å². The van der Waals surface area contributed by atoms with Crippen LogP contribution >= 0.6 is 15.9 Å². The van der Waals surface area contributed by atoms with Crippen molar-refractivity contribution in [2.24, 2.45) is 0 Å². The van der Waals surface area contributed by atoms with Crippen LogP contribution in [0, 0.1) is 0 Å². The van der Waals surface area contributed by atoms with Gasteiger partial charge in [0.25, 0.3) is 0 Å². The van der Waals surface area contributed by atoms with Crippen LogP contribution in [0.5, 0.6) is 0 Å². The predicted molar refractivity (Wildman–Crippen MR) is 44.9 cm³/mol. The van der Waals surface area contributed by atoms with E-state index in [1.165, 1.54) is 0 Å². The molecule has 0 unspecified atom stereocenters. The van der Waals surface area contributed by atoms with E-state index in [0.29, 0.717) is 0 Å². The highest BCUT2D eigenvalue weighted by Gasteiger charge is 2.15. The second kappa shape index (κ2) is 2.38. The van der Waals surface area contributed by atoms with Crippen LogP contribution in [-0.4, -0.2) is 9.78 Å². The largest absolute Gasteiger partial charge is 0.253 e. The van der Waals surface area contributed by atoms with Gasteiger partial charge in [-0.15, -0.1) is 0 Å². The summed E-state index contributed by atoms with van der Waals surface area (Å²) in [6.45, 7) is 6.35. The maximum Gasteiger partial charge on any atom is 0.104 e. The molecule has 0 aliphatic heterocycles. The molecular formula is C7H11BrN2. The third-order valence-corrected chi connectivity index (χ3v) is 1.83. The molecule has 0 saturated heterocycles. The van der Waals surface area contributed by atoms with Gasteiger partial charge >= 0.3 is 0 Å². The van der Waals surface area contributed by atoms with Gasteiger partial charge in [-0.05, 0) is 42.8 Å². The molecule has 0 saturated carbocycles. The molecular weight excluding hydrogens is 192 g/mol. The second-order valence-corrected chi connectivity index (χ2v) is 4.05. The first-order valence-corrected chi connectivity index (χ1v) is 4.01. The molecule has 0 N–H and O–H groups in total. The smallest absolute Gasteiger partial charge is 0.104 e. The van der Waals surface area contributed by atoms with Gasteiger partial charge in [-0.3, -0.25) is 4.68 Å². The van der Waals surface area contributed by atoms with E-state index in [-0.39, 0.29) is 5.54 Å². The SMILES string of the molecule is CC(C)(C)n1nccc1Br. The lowest BCUT2D eigenvalue weighted by Gasteiger charge is -2.20. The molecule has 3 heteroatoms. The molecule has 1 heterocycles. The summed E-state index contributed by atoms with van der Waals surface area (Å²) in [5.41, 5.74) is 0.0718. The van der Waals surface area contributed by atoms with E-state index in [4.69, 9.17) is 0 Å². The summed E-state index contributed by atoms with van der Waals surface area (Å²) in [5.74, 6) is 0. The van der Waals surface area contributed by atoms with Crippen LogP contribution in [0.1, 0.15) is 20.8 Å². The molecule has 1 aromatic heterocycles. The summed E-state index contributed by atoms with van der Waals surface area (Å²) < 4.78 is 2.97. The Morgan fingerprint density at radius 1 is 1.50 bits per heavy atom. The molecule has 56 valence electrons. The van der Waals surface area contributed by atoms with Crippen LogP contribution in [0.3, 0.4) is 0 Å². The van der Waals surface area contributed by atoms with E-state index in [2.05, 4.69) is 41.8 Å². The van der Waals surface area contributed by atoms with Gasteiger partial charge in [0, 0.05) is 0 Å². The highest BCUT2D eigenvalue weighted by molar-refractivity contribution is 9.10. The van der Waals surface area contributed by atoms with Crippen LogP contribution in [0.15, 0.2) is 16.9 Å². The standard InChI is InChI=1S/C7H11BrN2/c1-7(2,3)10-6(8)4-5-9-10/h4-5H,1-3H3. The first-order chi connectivity index (χ1) is 4.52. The van der Waals surface area contributed by atoms with Crippen molar-refractivity contribution in [3.8, 4) is 0 Å². The Hall–Kier alpha value is -0.310. The van der Waals surface area contributed by atoms with Crippen molar-refractivity contribution in [1.82, 2.24) is 9.78 Å². The summed E-state index contributed by atoms with van der Waals surface area (Å²) in [4.78, 5) is 0. The minimum atomic E-state index is 0.0718. The summed E-state index contributed by atoms with van der Waals surface area (Å²) in [6, 6.07) is 1.94. The second-order valence-electron chi connectivity index (χ2n) is 3.24. The van der Waals surface area contributed by atoms with E-state index in [1.807, 2.05) is 10.7 Å². The monoisotopic (exact) mass is 202 g/mol. The van der Waals surface area contributed by atoms with Gasteiger partial charge in [0.05, 0.1) is 11.7 Å². The molecule has 1 rings (SSSR count). The van der Waals surface area contributed by atoms with Crippen molar-refractivity contribution >= 4 is 15.9 Å². The molecule has 2 nitrogen and oxygen atoms in total. The highest BCUT2D eigenvalue weighted by Crippen LogP contribution is 2.18. The van der Waals surface area contributed by atoms with Crippen LogP contribution in [0.25, 0.3) is 0 Å². The predicted octanol–water partition coefficient (Wildman–Crippen LogP) is 2.40. The molecule has 0 amide bonds. The minimum absolute atomic E-state index is 0.0718. The molecule has 0 bridgehead atoms. The Kier molecular flexibility index (Phi) is 1.86. The van der Waals surface area contributed by atoms with Crippen molar-refractivity contribution in [2.45, 2.75) is 26.3 Å². The quantitative estimate of drug-likeness (QED) is 0.633. The third-order valence-electron chi connectivity index (χ3n) is 1.23. The topological polar surface area (TPSA) is 17.8 Å². The average Bonchev–Trinajstić information content (AvgIpc) is 2.11. The Morgan fingerprint density at radius 2 is 2.10 bits per heavy atom. The summed E-state index contributed by atoms with van der Waals surface area (Å²) in [6.07, 6.45) is 1.79. The van der Waals surface area contributed by atoms with Crippen LogP contribution in [-0.2, 0) is 5.54 Å². The van der Waals surface area contributed by atoms with E-state index < -0.39 is 0 Å². The Balaban J connectivity index is 3.05. The summed E-state index contributed by atoms with van der Waals surface area (Å²) in [5, 5.41) is 4.16. The number of nitrogens with zero attached hydrogens (tertiary/aromatic N) is 2. The first-order valence-electron chi connectivity index (χ1n) is 3.22. The van der Waals surface area contributed by atoms with Crippen molar-refractivity contribution in [2.75, 3.05) is 0 Å². The zero-order valence-electron chi connectivity index (χ0n) is 6.43. The number of aromatic nitrogens is 2. The minimum Gasteiger partial charge on any atom is -0.253 e. The zero-order valence-corrected chi connectivity index (χ0v) is 8.01. The third kappa shape index (κ3) is 1.40. The van der Waals surface area contributed by atoms with Gasteiger partial charge in [-0.2, -0.15) is 5.10 Å². The fraction of sp³-hybridized carbons (Fsp3) is 0.571. The summed E-state index contributed by atoms with van der Waals surface area (Å²) >= 11 is 3.40. The van der Waals surface area contributed by atoms with Gasteiger partial charge in [0.15, 0.2) is 0 Å². The van der Waals surface area contributed by atoms with E-state index >= 15 is 0 Å². The number of hydrogen-bond donors (Lipinski definition) is 0. The molecule has 0 aromatic carbocycles. The number of halogens is 1. The average molecular weight is 203 g/mol. The van der Waals surface area contributed by atoms with Gasteiger partial charge in [0.1, 0.15) is 4.60 Å². The number of hydrogen-bond acceptors (Lipinski definition) is 1. The van der Waals surface area contributed by atoms with Gasteiger partial charge in [0.2, 0.25) is 0 Å². The molecule has 0 aliphatic carbocycles. The van der Waals surface area contributed by atoms with E-state index in [9.17, 15) is 0 Å². The van der Waals surface area contributed by atoms with Crippen LogP contribution in [0.2, 0.25) is 0 Å². The lowest BCUT2D eigenvalue weighted by atomic mass is 10.1. The Labute approximate surface area is 69.4 Å². The first kappa shape index (κ1) is 7.79. The van der Waals surface area contributed by atoms with Gasteiger partial charge < -0.3 is 0 Å². The van der Waals surface area contributed by atoms with E-state index in [1.54, 1.807) is 6.20 Å². The zero-order chi connectivity index (χ0) is 7.78. The summed E-state index contributed by atoms with van der Waals surface area (Å²) in [7, 11) is 0. The lowest BCUT2D eigenvalue weighted by Crippen LogP contribution is -2.23. The van der Waals surface area contributed by atoms with Crippen molar-refractivity contribution < 1.29 is 0 Å². The molecule has 0 aliphatic rings. The Morgan fingerprint density at radius 3 is 2.30 bits per heavy atom. The fourth-order valence-corrected chi connectivity index (χ4v) is 1.52. The Bertz CT molecular complexity index is 222. The van der Waals surface area contributed by atoms with E-state index in [0.717, 1.165) is 4.60 Å². The van der Waals surface area contributed by atoms with Crippen LogP contribution < -0.4 is 0 Å². The van der Waals surface area contributed by atoms with Gasteiger partial charge in [-0.25, -0.2) is 0 Å². The van der Waals surface area contributed by atoms with Crippen molar-refractivity contribution in [3.63, 3.8) is 0 Å².